The van der Waals surface area contributed by atoms with Crippen LogP contribution < -0.4 is 5.73 Å². The molecule has 0 bridgehead atoms. The molecule has 0 radical (unpaired) electrons. The zero-order chi connectivity index (χ0) is 15.8. The summed E-state index contributed by atoms with van der Waals surface area (Å²) >= 11 is 0. The molecule has 0 fully saturated rings. The van der Waals surface area contributed by atoms with Crippen LogP contribution in [0.3, 0.4) is 0 Å². The lowest BCUT2D eigenvalue weighted by Crippen LogP contribution is -2.41. The van der Waals surface area contributed by atoms with Gasteiger partial charge in [0.25, 0.3) is 0 Å². The second-order valence-electron chi connectivity index (χ2n) is 6.22. The largest absolute Gasteiger partial charge is 0.388 e. The summed E-state index contributed by atoms with van der Waals surface area (Å²) in [5.41, 5.74) is 7.00. The van der Waals surface area contributed by atoms with E-state index in [0.717, 1.165) is 19.4 Å². The van der Waals surface area contributed by atoms with Gasteiger partial charge in [-0.1, -0.05) is 58.0 Å². The minimum absolute atomic E-state index is 0.205. The topological polar surface area (TPSA) is 53.1 Å². The molecule has 1 aromatic rings. The first-order valence-electron chi connectivity index (χ1n) is 8.13. The molecular weight excluding hydrogens is 258 g/mol. The van der Waals surface area contributed by atoms with E-state index in [2.05, 4.69) is 56.9 Å². The second kappa shape index (κ2) is 8.83. The number of amidine groups is 1. The molecule has 0 aliphatic carbocycles. The molecule has 0 saturated heterocycles. The van der Waals surface area contributed by atoms with Crippen molar-refractivity contribution in [2.75, 3.05) is 6.54 Å². The number of benzene rings is 1. The minimum atomic E-state index is 0.205. The van der Waals surface area contributed by atoms with E-state index in [1.54, 1.807) is 0 Å². The third-order valence-electron chi connectivity index (χ3n) is 3.99. The average Bonchev–Trinajstić information content (AvgIpc) is 2.45. The molecule has 0 aliphatic rings. The molecule has 0 saturated carbocycles. The molecule has 1 atom stereocenters. The molecule has 1 aromatic carbocycles. The van der Waals surface area contributed by atoms with Crippen LogP contribution in [0.25, 0.3) is 0 Å². The predicted molar refractivity (Wildman–Crippen MR) is 91.6 cm³/mol. The Balaban J connectivity index is 3.12. The van der Waals surface area contributed by atoms with Gasteiger partial charge in [-0.15, -0.1) is 0 Å². The maximum absolute atomic E-state index is 7.76. The Hall–Kier alpha value is -1.35. The molecule has 1 rings (SSSR count). The molecule has 0 aromatic heterocycles. The molecule has 0 heterocycles. The van der Waals surface area contributed by atoms with Crippen LogP contribution in [0.15, 0.2) is 30.3 Å². The first-order chi connectivity index (χ1) is 9.99. The fourth-order valence-electron chi connectivity index (χ4n) is 3.02. The van der Waals surface area contributed by atoms with E-state index >= 15 is 0 Å². The predicted octanol–water partition coefficient (Wildman–Crippen LogP) is 4.20. The smallest absolute Gasteiger partial charge is 0.0924 e. The van der Waals surface area contributed by atoms with Crippen molar-refractivity contribution >= 4 is 5.84 Å². The van der Waals surface area contributed by atoms with Gasteiger partial charge in [0, 0.05) is 25.0 Å². The van der Waals surface area contributed by atoms with Crippen molar-refractivity contribution in [2.45, 2.75) is 59.0 Å². The summed E-state index contributed by atoms with van der Waals surface area (Å²) in [6.45, 7) is 10.0. The monoisotopic (exact) mass is 289 g/mol. The number of nitrogens with zero attached hydrogens (tertiary/aromatic N) is 1. The van der Waals surface area contributed by atoms with Gasteiger partial charge in [-0.2, -0.15) is 0 Å². The summed E-state index contributed by atoms with van der Waals surface area (Å²) in [5, 5.41) is 7.76. The van der Waals surface area contributed by atoms with Gasteiger partial charge in [0.1, 0.15) is 0 Å². The highest BCUT2D eigenvalue weighted by Crippen LogP contribution is 2.29. The Bertz CT molecular complexity index is 410. The molecule has 118 valence electrons. The molecule has 3 heteroatoms. The Labute approximate surface area is 130 Å². The van der Waals surface area contributed by atoms with Crippen molar-refractivity contribution in [3.8, 4) is 0 Å². The summed E-state index contributed by atoms with van der Waals surface area (Å²) in [4.78, 5) is 2.56. The van der Waals surface area contributed by atoms with Gasteiger partial charge >= 0.3 is 0 Å². The van der Waals surface area contributed by atoms with Crippen LogP contribution >= 0.6 is 0 Å². The molecule has 21 heavy (non-hydrogen) atoms. The van der Waals surface area contributed by atoms with Crippen LogP contribution in [0.1, 0.15) is 58.6 Å². The van der Waals surface area contributed by atoms with E-state index in [1.165, 1.54) is 5.56 Å². The van der Waals surface area contributed by atoms with E-state index in [4.69, 9.17) is 11.1 Å². The van der Waals surface area contributed by atoms with Crippen LogP contribution in [-0.2, 0) is 0 Å². The number of nitrogens with two attached hydrogens (primary N) is 1. The Morgan fingerprint density at radius 2 is 1.71 bits per heavy atom. The first-order valence-corrected chi connectivity index (χ1v) is 8.13. The van der Waals surface area contributed by atoms with Crippen LogP contribution in [0, 0.1) is 11.3 Å². The third-order valence-corrected chi connectivity index (χ3v) is 3.99. The van der Waals surface area contributed by atoms with E-state index in [1.807, 2.05) is 6.07 Å². The van der Waals surface area contributed by atoms with Crippen molar-refractivity contribution in [3.63, 3.8) is 0 Å². The lowest BCUT2D eigenvalue weighted by molar-refractivity contribution is 0.111. The highest BCUT2D eigenvalue weighted by Gasteiger charge is 2.26. The van der Waals surface area contributed by atoms with Crippen molar-refractivity contribution in [1.29, 1.82) is 5.41 Å². The summed E-state index contributed by atoms with van der Waals surface area (Å²) in [6.07, 6.45) is 2.86. The summed E-state index contributed by atoms with van der Waals surface area (Å²) < 4.78 is 0. The van der Waals surface area contributed by atoms with Crippen LogP contribution in [0.5, 0.6) is 0 Å². The van der Waals surface area contributed by atoms with E-state index in [0.29, 0.717) is 18.4 Å². The standard InChI is InChI=1S/C18H31N3/c1-5-16(6-2)21(13-14(3)4)17(12-18(19)20)15-10-8-7-9-11-15/h7-11,14,16-17H,5-6,12-13H2,1-4H3,(H3,19,20). The fourth-order valence-corrected chi connectivity index (χ4v) is 3.02. The van der Waals surface area contributed by atoms with E-state index < -0.39 is 0 Å². The molecule has 0 amide bonds. The maximum atomic E-state index is 7.76. The SMILES string of the molecule is CCC(CC)N(CC(C)C)C(CC(=N)N)c1ccccc1. The lowest BCUT2D eigenvalue weighted by atomic mass is 9.96. The van der Waals surface area contributed by atoms with Crippen LogP contribution in [0.2, 0.25) is 0 Å². The Morgan fingerprint density at radius 1 is 1.14 bits per heavy atom. The molecule has 1 unspecified atom stereocenters. The van der Waals surface area contributed by atoms with E-state index in [-0.39, 0.29) is 11.9 Å². The van der Waals surface area contributed by atoms with Gasteiger partial charge in [-0.05, 0) is 24.3 Å². The van der Waals surface area contributed by atoms with Crippen LogP contribution in [-0.4, -0.2) is 23.3 Å². The highest BCUT2D eigenvalue weighted by atomic mass is 15.2. The van der Waals surface area contributed by atoms with Gasteiger partial charge in [-0.25, -0.2) is 0 Å². The molecule has 0 aliphatic heterocycles. The zero-order valence-electron chi connectivity index (χ0n) is 14.0. The lowest BCUT2D eigenvalue weighted by Gasteiger charge is -2.39. The van der Waals surface area contributed by atoms with Gasteiger partial charge in [0.2, 0.25) is 0 Å². The molecule has 3 nitrogen and oxygen atoms in total. The molecule has 3 N–H and O–H groups in total. The molecule has 0 spiro atoms. The van der Waals surface area contributed by atoms with Gasteiger partial charge in [0.15, 0.2) is 0 Å². The maximum Gasteiger partial charge on any atom is 0.0924 e. The van der Waals surface area contributed by atoms with Gasteiger partial charge < -0.3 is 5.73 Å². The fraction of sp³-hybridized carbons (Fsp3) is 0.611. The molecular formula is C18H31N3. The number of nitrogens with one attached hydrogen (secondary N) is 1. The normalized spacial score (nSPS) is 13.1. The van der Waals surface area contributed by atoms with Crippen molar-refractivity contribution < 1.29 is 0 Å². The Morgan fingerprint density at radius 3 is 2.14 bits per heavy atom. The van der Waals surface area contributed by atoms with Crippen molar-refractivity contribution in [3.05, 3.63) is 35.9 Å². The van der Waals surface area contributed by atoms with Gasteiger partial charge in [-0.3, -0.25) is 10.3 Å². The summed E-state index contributed by atoms with van der Waals surface area (Å²) in [7, 11) is 0. The van der Waals surface area contributed by atoms with Gasteiger partial charge in [0.05, 0.1) is 5.84 Å². The average molecular weight is 289 g/mol. The second-order valence-corrected chi connectivity index (χ2v) is 6.22. The van der Waals surface area contributed by atoms with Crippen LogP contribution in [0.4, 0.5) is 0 Å². The summed E-state index contributed by atoms with van der Waals surface area (Å²) in [5.74, 6) is 0.868. The first kappa shape index (κ1) is 17.7. The third kappa shape index (κ3) is 5.50. The Kier molecular flexibility index (Phi) is 7.44. The quantitative estimate of drug-likeness (QED) is 0.529. The minimum Gasteiger partial charge on any atom is -0.388 e. The number of hydrogen-bond donors (Lipinski definition) is 2. The summed E-state index contributed by atoms with van der Waals surface area (Å²) in [6, 6.07) is 11.2. The van der Waals surface area contributed by atoms with Crippen molar-refractivity contribution in [1.82, 2.24) is 4.90 Å². The van der Waals surface area contributed by atoms with Crippen molar-refractivity contribution in [2.24, 2.45) is 11.7 Å². The zero-order valence-corrected chi connectivity index (χ0v) is 14.0. The van der Waals surface area contributed by atoms with E-state index in [9.17, 15) is 0 Å². The highest BCUT2D eigenvalue weighted by molar-refractivity contribution is 5.77. The number of rotatable bonds is 9. The number of hydrogen-bond acceptors (Lipinski definition) is 2.